The van der Waals surface area contributed by atoms with E-state index in [0.717, 1.165) is 18.4 Å². The summed E-state index contributed by atoms with van der Waals surface area (Å²) in [4.78, 5) is 25.8. The molecule has 0 spiro atoms. The highest BCUT2D eigenvalue weighted by Gasteiger charge is 2.30. The average Bonchev–Trinajstić information content (AvgIpc) is 3.03. The fourth-order valence-corrected chi connectivity index (χ4v) is 3.58. The first-order valence-corrected chi connectivity index (χ1v) is 8.68. The Morgan fingerprint density at radius 3 is 2.73 bits per heavy atom. The van der Waals surface area contributed by atoms with E-state index in [-0.39, 0.29) is 25.2 Å². The Bertz CT molecular complexity index is 835. The fraction of sp³-hybridized carbons (Fsp3) is 0.300. The minimum absolute atomic E-state index is 0.0515. The third kappa shape index (κ3) is 3.55. The van der Waals surface area contributed by atoms with Crippen LogP contribution in [0.15, 0.2) is 42.5 Å². The van der Waals surface area contributed by atoms with Gasteiger partial charge in [0.1, 0.15) is 0 Å². The molecular weight excluding hydrogens is 330 g/mol. The van der Waals surface area contributed by atoms with Gasteiger partial charge in [0.15, 0.2) is 0 Å². The summed E-state index contributed by atoms with van der Waals surface area (Å²) in [6.07, 6.45) is 1.76. The quantitative estimate of drug-likeness (QED) is 0.771. The SMILES string of the molecule is Cc1cc(NC(=O)N(CCO)[C@@H]2CCc3ccccc32)ccc1C(N)=O. The highest BCUT2D eigenvalue weighted by atomic mass is 16.3. The van der Waals surface area contributed by atoms with Crippen molar-refractivity contribution in [1.82, 2.24) is 4.90 Å². The molecule has 0 aliphatic heterocycles. The molecule has 3 rings (SSSR count). The minimum Gasteiger partial charge on any atom is -0.395 e. The topological polar surface area (TPSA) is 95.7 Å². The number of rotatable bonds is 5. The second-order valence-electron chi connectivity index (χ2n) is 6.49. The molecule has 0 unspecified atom stereocenters. The van der Waals surface area contributed by atoms with E-state index in [1.807, 2.05) is 18.2 Å². The zero-order valence-corrected chi connectivity index (χ0v) is 14.7. The Kier molecular flexibility index (Phi) is 5.23. The predicted octanol–water partition coefficient (Wildman–Crippen LogP) is 2.61. The van der Waals surface area contributed by atoms with Gasteiger partial charge in [0.2, 0.25) is 5.91 Å². The fourth-order valence-electron chi connectivity index (χ4n) is 3.58. The molecule has 0 saturated carbocycles. The zero-order valence-electron chi connectivity index (χ0n) is 14.7. The second-order valence-corrected chi connectivity index (χ2v) is 6.49. The van der Waals surface area contributed by atoms with Gasteiger partial charge in [-0.3, -0.25) is 4.79 Å². The number of amides is 3. The molecular formula is C20H23N3O3. The number of anilines is 1. The Balaban J connectivity index is 1.80. The smallest absolute Gasteiger partial charge is 0.322 e. The number of aliphatic hydroxyl groups is 1. The number of aliphatic hydroxyl groups excluding tert-OH is 1. The Morgan fingerprint density at radius 2 is 2.04 bits per heavy atom. The Hall–Kier alpha value is -2.86. The van der Waals surface area contributed by atoms with Crippen LogP contribution in [0.25, 0.3) is 0 Å². The largest absolute Gasteiger partial charge is 0.395 e. The van der Waals surface area contributed by atoms with Crippen molar-refractivity contribution in [2.45, 2.75) is 25.8 Å². The van der Waals surface area contributed by atoms with Crippen molar-refractivity contribution < 1.29 is 14.7 Å². The monoisotopic (exact) mass is 353 g/mol. The molecule has 0 bridgehead atoms. The number of nitrogens with zero attached hydrogens (tertiary/aromatic N) is 1. The summed E-state index contributed by atoms with van der Waals surface area (Å²) in [5.41, 5.74) is 9.42. The third-order valence-corrected chi connectivity index (χ3v) is 4.82. The van der Waals surface area contributed by atoms with Crippen LogP contribution in [0, 0.1) is 6.92 Å². The summed E-state index contributed by atoms with van der Waals surface area (Å²) >= 11 is 0. The van der Waals surface area contributed by atoms with Gasteiger partial charge < -0.3 is 21.1 Å². The van der Waals surface area contributed by atoms with Gasteiger partial charge in [-0.1, -0.05) is 24.3 Å². The summed E-state index contributed by atoms with van der Waals surface area (Å²) in [6, 6.07) is 12.7. The van der Waals surface area contributed by atoms with E-state index in [1.165, 1.54) is 5.56 Å². The summed E-state index contributed by atoms with van der Waals surface area (Å²) < 4.78 is 0. The van der Waals surface area contributed by atoms with E-state index in [0.29, 0.717) is 16.8 Å². The molecule has 4 N–H and O–H groups in total. The van der Waals surface area contributed by atoms with Crippen LogP contribution in [0.2, 0.25) is 0 Å². The van der Waals surface area contributed by atoms with Crippen molar-refractivity contribution in [3.63, 3.8) is 0 Å². The average molecular weight is 353 g/mol. The maximum absolute atomic E-state index is 12.8. The molecule has 1 aliphatic carbocycles. The van der Waals surface area contributed by atoms with Gasteiger partial charge in [0, 0.05) is 17.8 Å². The number of urea groups is 1. The second kappa shape index (κ2) is 7.58. The highest BCUT2D eigenvalue weighted by molar-refractivity contribution is 5.96. The van der Waals surface area contributed by atoms with E-state index in [9.17, 15) is 14.7 Å². The van der Waals surface area contributed by atoms with Gasteiger partial charge in [-0.05, 0) is 54.7 Å². The normalized spacial score (nSPS) is 15.4. The lowest BCUT2D eigenvalue weighted by Gasteiger charge is -2.29. The Morgan fingerprint density at radius 1 is 1.27 bits per heavy atom. The van der Waals surface area contributed by atoms with Gasteiger partial charge >= 0.3 is 6.03 Å². The number of aryl methyl sites for hydroxylation is 2. The van der Waals surface area contributed by atoms with Crippen molar-refractivity contribution in [3.8, 4) is 0 Å². The number of carbonyl (C=O) groups is 2. The molecule has 2 aromatic carbocycles. The summed E-state index contributed by atoms with van der Waals surface area (Å²) in [6.45, 7) is 1.92. The number of benzene rings is 2. The van der Waals surface area contributed by atoms with Crippen LogP contribution in [0.4, 0.5) is 10.5 Å². The van der Waals surface area contributed by atoms with Gasteiger partial charge in [0.05, 0.1) is 12.6 Å². The number of nitrogens with two attached hydrogens (primary N) is 1. The first kappa shape index (κ1) is 17.9. The molecule has 3 amide bonds. The number of hydrogen-bond acceptors (Lipinski definition) is 3. The van der Waals surface area contributed by atoms with Crippen LogP contribution in [-0.4, -0.2) is 35.1 Å². The van der Waals surface area contributed by atoms with Crippen LogP contribution >= 0.6 is 0 Å². The van der Waals surface area contributed by atoms with Gasteiger partial charge in [-0.2, -0.15) is 0 Å². The lowest BCUT2D eigenvalue weighted by atomic mass is 10.1. The number of nitrogens with one attached hydrogen (secondary N) is 1. The molecule has 2 aromatic rings. The molecule has 1 atom stereocenters. The minimum atomic E-state index is -0.496. The van der Waals surface area contributed by atoms with Gasteiger partial charge in [-0.15, -0.1) is 0 Å². The van der Waals surface area contributed by atoms with Crippen molar-refractivity contribution >= 4 is 17.6 Å². The zero-order chi connectivity index (χ0) is 18.7. The Labute approximate surface area is 152 Å². The van der Waals surface area contributed by atoms with E-state index >= 15 is 0 Å². The number of primary amides is 1. The van der Waals surface area contributed by atoms with E-state index in [1.54, 1.807) is 30.0 Å². The van der Waals surface area contributed by atoms with E-state index < -0.39 is 5.91 Å². The van der Waals surface area contributed by atoms with Crippen molar-refractivity contribution in [3.05, 3.63) is 64.7 Å². The predicted molar refractivity (Wildman–Crippen MR) is 100 cm³/mol. The molecule has 0 saturated heterocycles. The maximum Gasteiger partial charge on any atom is 0.322 e. The molecule has 0 fully saturated rings. The molecule has 0 aromatic heterocycles. The van der Waals surface area contributed by atoms with Crippen LogP contribution in [0.5, 0.6) is 0 Å². The summed E-state index contributed by atoms with van der Waals surface area (Å²) in [5, 5.41) is 12.3. The van der Waals surface area contributed by atoms with Crippen molar-refractivity contribution in [2.24, 2.45) is 5.73 Å². The number of carbonyl (C=O) groups excluding carboxylic acids is 2. The van der Waals surface area contributed by atoms with Gasteiger partial charge in [-0.25, -0.2) is 4.79 Å². The van der Waals surface area contributed by atoms with Gasteiger partial charge in [0.25, 0.3) is 0 Å². The van der Waals surface area contributed by atoms with E-state index in [2.05, 4.69) is 11.4 Å². The van der Waals surface area contributed by atoms with Crippen LogP contribution < -0.4 is 11.1 Å². The molecule has 1 aliphatic rings. The van der Waals surface area contributed by atoms with Crippen LogP contribution in [0.3, 0.4) is 0 Å². The first-order valence-electron chi connectivity index (χ1n) is 8.68. The third-order valence-electron chi connectivity index (χ3n) is 4.82. The number of fused-ring (bicyclic) bond motifs is 1. The molecule has 0 radical (unpaired) electrons. The lowest BCUT2D eigenvalue weighted by Crippen LogP contribution is -2.39. The molecule has 6 nitrogen and oxygen atoms in total. The lowest BCUT2D eigenvalue weighted by molar-refractivity contribution is 0.0999. The standard InChI is InChI=1S/C20H23N3O3/c1-13-12-15(7-8-16(13)19(21)25)22-20(26)23(10-11-24)18-9-6-14-4-2-3-5-17(14)18/h2-5,7-8,12,18,24H,6,9-11H2,1H3,(H2,21,25)(H,22,26)/t18-/m1/s1. The number of hydrogen-bond donors (Lipinski definition) is 3. The molecule has 6 heteroatoms. The highest BCUT2D eigenvalue weighted by Crippen LogP contribution is 2.35. The van der Waals surface area contributed by atoms with Crippen molar-refractivity contribution in [1.29, 1.82) is 0 Å². The maximum atomic E-state index is 12.8. The summed E-state index contributed by atoms with van der Waals surface area (Å²) in [5.74, 6) is -0.496. The summed E-state index contributed by atoms with van der Waals surface area (Å²) in [7, 11) is 0. The van der Waals surface area contributed by atoms with Crippen LogP contribution in [0.1, 0.15) is 39.5 Å². The molecule has 26 heavy (non-hydrogen) atoms. The molecule has 136 valence electrons. The van der Waals surface area contributed by atoms with Crippen molar-refractivity contribution in [2.75, 3.05) is 18.5 Å². The molecule has 0 heterocycles. The first-order chi connectivity index (χ1) is 12.5. The van der Waals surface area contributed by atoms with E-state index in [4.69, 9.17) is 5.73 Å². The van der Waals surface area contributed by atoms with Crippen LogP contribution in [-0.2, 0) is 6.42 Å².